The maximum Gasteiger partial charge on any atom is 0.460 e. The molecule has 148 valence electrons. The molecule has 0 fully saturated rings. The van der Waals surface area contributed by atoms with E-state index in [0.29, 0.717) is 0 Å². The van der Waals surface area contributed by atoms with Crippen LogP contribution in [0.4, 0.5) is 39.5 Å². The van der Waals surface area contributed by atoms with Gasteiger partial charge in [0, 0.05) is 0 Å². The highest BCUT2D eigenvalue weighted by Crippen LogP contribution is 2.55. The largest absolute Gasteiger partial charge is 0.460 e. The molecule has 0 amide bonds. The minimum Gasteiger partial charge on any atom is -0.457 e. The van der Waals surface area contributed by atoms with Crippen LogP contribution >= 0.6 is 0 Å². The molecule has 1 rings (SSSR count). The Morgan fingerprint density at radius 1 is 0.808 bits per heavy atom. The van der Waals surface area contributed by atoms with Crippen molar-refractivity contribution in [2.45, 2.75) is 36.3 Å². The molecule has 1 aromatic carbocycles. The van der Waals surface area contributed by atoms with E-state index in [9.17, 15) is 44.3 Å². The predicted octanol–water partition coefficient (Wildman–Crippen LogP) is 2.88. The summed E-state index contributed by atoms with van der Waals surface area (Å²) in [5.41, 5.74) is 0.0346. The highest BCUT2D eigenvalue weighted by Gasteiger charge is 2.87. The van der Waals surface area contributed by atoms with Gasteiger partial charge >= 0.3 is 35.7 Å². The Morgan fingerprint density at radius 3 is 1.69 bits per heavy atom. The first kappa shape index (κ1) is 22.0. The van der Waals surface area contributed by atoms with Gasteiger partial charge in [0.05, 0.1) is 0 Å². The van der Waals surface area contributed by atoms with Crippen molar-refractivity contribution >= 4 is 5.97 Å². The zero-order valence-electron chi connectivity index (χ0n) is 12.2. The van der Waals surface area contributed by atoms with Crippen LogP contribution in [-0.2, 0) is 16.1 Å². The van der Waals surface area contributed by atoms with Gasteiger partial charge in [0.1, 0.15) is 6.61 Å². The first-order chi connectivity index (χ1) is 11.5. The monoisotopic (exact) mass is 400 g/mol. The molecule has 0 radical (unpaired) electrons. The molecule has 1 aromatic rings. The third-order valence-corrected chi connectivity index (χ3v) is 3.08. The molecule has 0 spiro atoms. The molecule has 0 unspecified atom stereocenters. The van der Waals surface area contributed by atoms with Gasteiger partial charge in [-0.1, -0.05) is 30.3 Å². The van der Waals surface area contributed by atoms with E-state index >= 15 is 0 Å². The molecule has 0 heterocycles. The zero-order valence-corrected chi connectivity index (χ0v) is 12.2. The van der Waals surface area contributed by atoms with Crippen LogP contribution in [0.25, 0.3) is 0 Å². The van der Waals surface area contributed by atoms with E-state index in [1.807, 2.05) is 0 Å². The summed E-state index contributed by atoms with van der Waals surface area (Å²) in [6.45, 7) is -0.986. The minimum atomic E-state index is -7.40. The van der Waals surface area contributed by atoms with Crippen LogP contribution in [-0.4, -0.2) is 45.9 Å². The van der Waals surface area contributed by atoms with Crippen LogP contribution in [0.3, 0.4) is 0 Å². The first-order valence-corrected chi connectivity index (χ1v) is 6.36. The fraction of sp³-hybridized carbons (Fsp3) is 0.462. The molecular weight excluding hydrogens is 391 g/mol. The fourth-order valence-corrected chi connectivity index (χ4v) is 1.55. The molecule has 0 aliphatic rings. The molecular formula is C13H9F9O4. The molecule has 0 bridgehead atoms. The Morgan fingerprint density at radius 2 is 1.27 bits per heavy atom. The SMILES string of the molecule is O=C(OCc1ccccc1)C(O)(O)C(F)(F)C(F)(F)C(F)(F)C(F)(F)F. The number of carbonyl (C=O) groups is 1. The van der Waals surface area contributed by atoms with Crippen LogP contribution in [0.15, 0.2) is 30.3 Å². The lowest BCUT2D eigenvalue weighted by atomic mass is 9.96. The van der Waals surface area contributed by atoms with Crippen molar-refractivity contribution in [1.82, 2.24) is 0 Å². The Balaban J connectivity index is 3.12. The van der Waals surface area contributed by atoms with Crippen molar-refractivity contribution in [1.29, 1.82) is 0 Å². The summed E-state index contributed by atoms with van der Waals surface area (Å²) in [4.78, 5) is 11.2. The third kappa shape index (κ3) is 3.45. The van der Waals surface area contributed by atoms with E-state index in [0.717, 1.165) is 0 Å². The molecule has 0 saturated heterocycles. The molecule has 4 nitrogen and oxygen atoms in total. The molecule has 0 aliphatic heterocycles. The summed E-state index contributed by atoms with van der Waals surface area (Å²) in [5, 5.41) is 17.8. The van der Waals surface area contributed by atoms with Crippen molar-refractivity contribution in [2.24, 2.45) is 0 Å². The maximum atomic E-state index is 13.5. The minimum absolute atomic E-state index is 0.0346. The third-order valence-electron chi connectivity index (χ3n) is 3.08. The van der Waals surface area contributed by atoms with Crippen LogP contribution in [0.1, 0.15) is 5.56 Å². The highest BCUT2D eigenvalue weighted by atomic mass is 19.4. The van der Waals surface area contributed by atoms with Crippen molar-refractivity contribution < 1.29 is 59.3 Å². The Labute approximate surface area is 138 Å². The van der Waals surface area contributed by atoms with Gasteiger partial charge in [-0.15, -0.1) is 0 Å². The van der Waals surface area contributed by atoms with Gasteiger partial charge < -0.3 is 14.9 Å². The average Bonchev–Trinajstić information content (AvgIpc) is 2.51. The molecule has 0 saturated carbocycles. The number of rotatable bonds is 6. The lowest BCUT2D eigenvalue weighted by Crippen LogP contribution is -2.71. The van der Waals surface area contributed by atoms with Gasteiger partial charge in [-0.2, -0.15) is 39.5 Å². The summed E-state index contributed by atoms with van der Waals surface area (Å²) >= 11 is 0. The van der Waals surface area contributed by atoms with E-state index in [1.165, 1.54) is 30.3 Å². The van der Waals surface area contributed by atoms with Crippen molar-refractivity contribution in [3.63, 3.8) is 0 Å². The van der Waals surface area contributed by atoms with E-state index < -0.39 is 42.3 Å². The fourth-order valence-electron chi connectivity index (χ4n) is 1.55. The van der Waals surface area contributed by atoms with E-state index in [4.69, 9.17) is 10.2 Å². The van der Waals surface area contributed by atoms with Gasteiger partial charge in [-0.3, -0.25) is 0 Å². The average molecular weight is 400 g/mol. The Hall–Kier alpha value is -2.02. The van der Waals surface area contributed by atoms with Crippen LogP contribution in [0.5, 0.6) is 0 Å². The Bertz CT molecular complexity index is 641. The van der Waals surface area contributed by atoms with E-state index in [-0.39, 0.29) is 5.56 Å². The smallest absolute Gasteiger partial charge is 0.457 e. The van der Waals surface area contributed by atoms with Gasteiger partial charge in [0.2, 0.25) is 0 Å². The van der Waals surface area contributed by atoms with Gasteiger partial charge in [0.15, 0.2) is 0 Å². The number of benzene rings is 1. The molecule has 0 atom stereocenters. The van der Waals surface area contributed by atoms with E-state index in [2.05, 4.69) is 4.74 Å². The number of hydrogen-bond donors (Lipinski definition) is 2. The molecule has 2 N–H and O–H groups in total. The van der Waals surface area contributed by atoms with Gasteiger partial charge in [-0.25, -0.2) is 4.79 Å². The lowest BCUT2D eigenvalue weighted by Gasteiger charge is -2.38. The van der Waals surface area contributed by atoms with Crippen LogP contribution in [0.2, 0.25) is 0 Å². The summed E-state index contributed by atoms with van der Waals surface area (Å²) in [7, 11) is 0. The number of hydrogen-bond acceptors (Lipinski definition) is 4. The van der Waals surface area contributed by atoms with Crippen LogP contribution < -0.4 is 0 Å². The lowest BCUT2D eigenvalue weighted by molar-refractivity contribution is -0.433. The first-order valence-electron chi connectivity index (χ1n) is 6.36. The number of esters is 1. The Kier molecular flexibility index (Phi) is 5.60. The van der Waals surface area contributed by atoms with Crippen LogP contribution in [0, 0.1) is 0 Å². The second-order valence-electron chi connectivity index (χ2n) is 4.95. The second-order valence-corrected chi connectivity index (χ2v) is 4.95. The number of halogens is 9. The summed E-state index contributed by atoms with van der Waals surface area (Å²) in [6.07, 6.45) is -7.18. The number of alkyl halides is 9. The normalized spacial score (nSPS) is 14.3. The number of ether oxygens (including phenoxy) is 1. The highest BCUT2D eigenvalue weighted by molar-refractivity contribution is 5.79. The molecule has 13 heteroatoms. The molecule has 0 aromatic heterocycles. The summed E-state index contributed by atoms with van der Waals surface area (Å²) in [6, 6.07) is 6.59. The van der Waals surface area contributed by atoms with Crippen molar-refractivity contribution in [3.05, 3.63) is 35.9 Å². The topological polar surface area (TPSA) is 66.8 Å². The quantitative estimate of drug-likeness (QED) is 0.438. The predicted molar refractivity (Wildman–Crippen MR) is 64.3 cm³/mol. The number of carbonyl (C=O) groups excluding carboxylic acids is 1. The summed E-state index contributed by atoms with van der Waals surface area (Å²) < 4.78 is 118. The number of aliphatic hydroxyl groups is 2. The van der Waals surface area contributed by atoms with E-state index in [1.54, 1.807) is 0 Å². The van der Waals surface area contributed by atoms with Crippen molar-refractivity contribution in [3.8, 4) is 0 Å². The maximum absolute atomic E-state index is 13.5. The second kappa shape index (κ2) is 6.61. The van der Waals surface area contributed by atoms with Crippen molar-refractivity contribution in [2.75, 3.05) is 0 Å². The standard InChI is InChI=1S/C13H9F9O4/c14-10(15,11(16,17)12(18,19)13(20,21)22)9(24,25)8(23)26-6-7-4-2-1-3-5-7/h1-5,24-25H,6H2. The van der Waals surface area contributed by atoms with Gasteiger partial charge in [-0.05, 0) is 5.56 Å². The zero-order chi connectivity index (χ0) is 20.6. The molecule has 26 heavy (non-hydrogen) atoms. The molecule has 0 aliphatic carbocycles. The summed E-state index contributed by atoms with van der Waals surface area (Å²) in [5.74, 6) is -30.4. The van der Waals surface area contributed by atoms with Gasteiger partial charge in [0.25, 0.3) is 0 Å².